The molecule has 1 unspecified atom stereocenters. The Morgan fingerprint density at radius 3 is 2.85 bits per heavy atom. The molecule has 0 N–H and O–H groups in total. The van der Waals surface area contributed by atoms with Crippen molar-refractivity contribution in [1.29, 1.82) is 0 Å². The van der Waals surface area contributed by atoms with Crippen LogP contribution in [0.2, 0.25) is 0 Å². The molecule has 2 fully saturated rings. The van der Waals surface area contributed by atoms with Crippen molar-refractivity contribution in [2.24, 2.45) is 5.41 Å². The molecule has 2 aliphatic heterocycles. The standard InChI is InChI=1S/C19H22F2N4OS/c1-14-23-16(11-27-14)10-24-7-4-18(12-24)13-25(8-5-19(18,20)21)17(26)15-3-2-6-22-9-15/h2-3,6,9,11H,4-5,7-8,10,12-13H2,1H3. The van der Waals surface area contributed by atoms with Gasteiger partial charge in [-0.05, 0) is 32.0 Å². The van der Waals surface area contributed by atoms with Crippen molar-refractivity contribution in [2.45, 2.75) is 32.2 Å². The van der Waals surface area contributed by atoms with Crippen LogP contribution in [0, 0.1) is 12.3 Å². The van der Waals surface area contributed by atoms with Crippen LogP contribution in [0.3, 0.4) is 0 Å². The first-order valence-electron chi connectivity index (χ1n) is 9.09. The summed E-state index contributed by atoms with van der Waals surface area (Å²) in [7, 11) is 0. The summed E-state index contributed by atoms with van der Waals surface area (Å²) in [4.78, 5) is 24.8. The minimum absolute atomic E-state index is 0.0771. The van der Waals surface area contributed by atoms with Crippen LogP contribution in [0.15, 0.2) is 29.9 Å². The molecule has 4 rings (SSSR count). The third kappa shape index (κ3) is 3.48. The van der Waals surface area contributed by atoms with Gasteiger partial charge in [0.05, 0.1) is 21.7 Å². The molecule has 0 bridgehead atoms. The maximum atomic E-state index is 14.9. The van der Waals surface area contributed by atoms with E-state index in [4.69, 9.17) is 0 Å². The smallest absolute Gasteiger partial charge is 0.258 e. The highest BCUT2D eigenvalue weighted by atomic mass is 32.1. The first-order chi connectivity index (χ1) is 12.9. The highest BCUT2D eigenvalue weighted by Gasteiger charge is 2.59. The summed E-state index contributed by atoms with van der Waals surface area (Å²) in [5.74, 6) is -2.99. The molecule has 1 atom stereocenters. The summed E-state index contributed by atoms with van der Waals surface area (Å²) < 4.78 is 29.9. The highest BCUT2D eigenvalue weighted by Crippen LogP contribution is 2.49. The molecular weight excluding hydrogens is 370 g/mol. The zero-order valence-corrected chi connectivity index (χ0v) is 16.0. The number of pyridine rings is 1. The second-order valence-electron chi connectivity index (χ2n) is 7.52. The van der Waals surface area contributed by atoms with Gasteiger partial charge in [0.2, 0.25) is 0 Å². The van der Waals surface area contributed by atoms with Crippen LogP contribution in [0.5, 0.6) is 0 Å². The van der Waals surface area contributed by atoms with Crippen LogP contribution >= 0.6 is 11.3 Å². The molecule has 2 aliphatic rings. The van der Waals surface area contributed by atoms with Gasteiger partial charge in [-0.15, -0.1) is 11.3 Å². The first-order valence-corrected chi connectivity index (χ1v) is 9.97. The van der Waals surface area contributed by atoms with Gasteiger partial charge in [0, 0.05) is 50.4 Å². The maximum absolute atomic E-state index is 14.9. The van der Waals surface area contributed by atoms with E-state index in [0.717, 1.165) is 10.7 Å². The summed E-state index contributed by atoms with van der Waals surface area (Å²) in [5.41, 5.74) is 0.191. The van der Waals surface area contributed by atoms with Gasteiger partial charge < -0.3 is 4.90 Å². The fourth-order valence-corrected chi connectivity index (χ4v) is 4.78. The number of piperidine rings is 1. The number of aromatic nitrogens is 2. The number of rotatable bonds is 3. The summed E-state index contributed by atoms with van der Waals surface area (Å²) in [6.07, 6.45) is 3.19. The predicted octanol–water partition coefficient (Wildman–Crippen LogP) is 3.22. The van der Waals surface area contributed by atoms with Crippen molar-refractivity contribution in [3.63, 3.8) is 0 Å². The molecule has 1 amide bonds. The van der Waals surface area contributed by atoms with Gasteiger partial charge in [0.25, 0.3) is 11.8 Å². The van der Waals surface area contributed by atoms with Crippen LogP contribution in [-0.2, 0) is 6.54 Å². The van der Waals surface area contributed by atoms with Crippen molar-refractivity contribution in [3.8, 4) is 0 Å². The van der Waals surface area contributed by atoms with E-state index in [1.54, 1.807) is 34.6 Å². The Bertz CT molecular complexity index is 828. The Kier molecular flexibility index (Phi) is 4.71. The van der Waals surface area contributed by atoms with Crippen LogP contribution in [0.4, 0.5) is 8.78 Å². The minimum Gasteiger partial charge on any atom is -0.338 e. The number of carbonyl (C=O) groups is 1. The summed E-state index contributed by atoms with van der Waals surface area (Å²) in [5, 5.41) is 2.97. The van der Waals surface area contributed by atoms with Crippen molar-refractivity contribution in [2.75, 3.05) is 26.2 Å². The minimum atomic E-state index is -2.77. The van der Waals surface area contributed by atoms with E-state index < -0.39 is 11.3 Å². The monoisotopic (exact) mass is 392 g/mol. The van der Waals surface area contributed by atoms with Gasteiger partial charge in [-0.1, -0.05) is 0 Å². The number of thiazole rings is 1. The predicted molar refractivity (Wildman–Crippen MR) is 98.9 cm³/mol. The lowest BCUT2D eigenvalue weighted by Crippen LogP contribution is -2.58. The quantitative estimate of drug-likeness (QED) is 0.805. The number of amides is 1. The number of carbonyl (C=O) groups excluding carboxylic acids is 1. The highest BCUT2D eigenvalue weighted by molar-refractivity contribution is 7.09. The molecule has 2 aromatic rings. The second kappa shape index (κ2) is 6.91. The Labute approximate surface area is 161 Å². The number of halogens is 2. The van der Waals surface area contributed by atoms with E-state index in [2.05, 4.69) is 9.97 Å². The fourth-order valence-electron chi connectivity index (χ4n) is 4.18. The van der Waals surface area contributed by atoms with E-state index >= 15 is 0 Å². The average molecular weight is 392 g/mol. The number of hydrogen-bond acceptors (Lipinski definition) is 5. The number of aryl methyl sites for hydroxylation is 1. The molecule has 0 aliphatic carbocycles. The lowest BCUT2D eigenvalue weighted by atomic mass is 9.75. The first kappa shape index (κ1) is 18.4. The summed E-state index contributed by atoms with van der Waals surface area (Å²) in [6, 6.07) is 3.37. The van der Waals surface area contributed by atoms with Crippen molar-refractivity contribution < 1.29 is 13.6 Å². The zero-order chi connectivity index (χ0) is 19.1. The van der Waals surface area contributed by atoms with E-state index in [0.29, 0.717) is 25.1 Å². The lowest BCUT2D eigenvalue weighted by Gasteiger charge is -2.46. The van der Waals surface area contributed by atoms with Gasteiger partial charge >= 0.3 is 0 Å². The molecule has 4 heterocycles. The van der Waals surface area contributed by atoms with Gasteiger partial charge in [-0.25, -0.2) is 13.8 Å². The maximum Gasteiger partial charge on any atom is 0.258 e. The van der Waals surface area contributed by atoms with E-state index in [9.17, 15) is 13.6 Å². The summed E-state index contributed by atoms with van der Waals surface area (Å²) >= 11 is 1.57. The largest absolute Gasteiger partial charge is 0.338 e. The van der Waals surface area contributed by atoms with Crippen LogP contribution in [-0.4, -0.2) is 57.8 Å². The molecule has 144 valence electrons. The van der Waals surface area contributed by atoms with Gasteiger partial charge in [-0.3, -0.25) is 14.7 Å². The fraction of sp³-hybridized carbons (Fsp3) is 0.526. The second-order valence-corrected chi connectivity index (χ2v) is 8.58. The van der Waals surface area contributed by atoms with E-state index in [1.165, 1.54) is 6.20 Å². The molecule has 2 aromatic heterocycles. The van der Waals surface area contributed by atoms with Crippen molar-refractivity contribution in [1.82, 2.24) is 19.8 Å². The molecule has 0 aromatic carbocycles. The molecule has 0 radical (unpaired) electrons. The van der Waals surface area contributed by atoms with Gasteiger partial charge in [0.15, 0.2) is 0 Å². The van der Waals surface area contributed by atoms with Crippen molar-refractivity contribution >= 4 is 17.2 Å². The normalized spacial score (nSPS) is 25.2. The molecule has 27 heavy (non-hydrogen) atoms. The van der Waals surface area contributed by atoms with E-state index in [1.807, 2.05) is 17.2 Å². The molecule has 8 heteroatoms. The van der Waals surface area contributed by atoms with E-state index in [-0.39, 0.29) is 32.0 Å². The third-order valence-electron chi connectivity index (χ3n) is 5.65. The Morgan fingerprint density at radius 2 is 2.15 bits per heavy atom. The van der Waals surface area contributed by atoms with Crippen LogP contribution in [0.25, 0.3) is 0 Å². The molecule has 0 saturated carbocycles. The van der Waals surface area contributed by atoms with Crippen LogP contribution < -0.4 is 0 Å². The SMILES string of the molecule is Cc1nc(CN2CCC3(C2)CN(C(=O)c2cccnc2)CCC3(F)F)cs1. The number of hydrogen-bond donors (Lipinski definition) is 0. The Morgan fingerprint density at radius 1 is 1.30 bits per heavy atom. The molecule has 2 saturated heterocycles. The lowest BCUT2D eigenvalue weighted by molar-refractivity contribution is -0.155. The summed E-state index contributed by atoms with van der Waals surface area (Å²) in [6.45, 7) is 3.57. The number of nitrogens with zero attached hydrogens (tertiary/aromatic N) is 4. The third-order valence-corrected chi connectivity index (χ3v) is 6.47. The average Bonchev–Trinajstić information content (AvgIpc) is 3.25. The number of likely N-dealkylation sites (tertiary alicyclic amines) is 2. The Balaban J connectivity index is 1.50. The molecule has 1 spiro atoms. The number of alkyl halides is 2. The topological polar surface area (TPSA) is 49.3 Å². The Hall–Kier alpha value is -1.93. The van der Waals surface area contributed by atoms with Crippen LogP contribution in [0.1, 0.15) is 33.9 Å². The van der Waals surface area contributed by atoms with Gasteiger partial charge in [-0.2, -0.15) is 0 Å². The zero-order valence-electron chi connectivity index (χ0n) is 15.2. The molecule has 5 nitrogen and oxygen atoms in total. The van der Waals surface area contributed by atoms with Crippen molar-refractivity contribution in [3.05, 3.63) is 46.2 Å². The molecular formula is C19H22F2N4OS. The van der Waals surface area contributed by atoms with Gasteiger partial charge in [0.1, 0.15) is 0 Å².